The summed E-state index contributed by atoms with van der Waals surface area (Å²) in [6.45, 7) is 7.54. The van der Waals surface area contributed by atoms with Gasteiger partial charge in [-0.3, -0.25) is 0 Å². The lowest BCUT2D eigenvalue weighted by Gasteiger charge is -2.17. The average molecular weight is 402 g/mol. The van der Waals surface area contributed by atoms with E-state index in [-0.39, 0.29) is 16.7 Å². The fraction of sp³-hybridized carbons (Fsp3) is 0.500. The van der Waals surface area contributed by atoms with E-state index >= 15 is 0 Å². The molecule has 0 spiro atoms. The van der Waals surface area contributed by atoms with Crippen LogP contribution in [-0.2, 0) is 19.9 Å². The Morgan fingerprint density at radius 3 is 2.23 bits per heavy atom. The minimum atomic E-state index is -3.85. The molecule has 0 fully saturated rings. The van der Waals surface area contributed by atoms with E-state index in [9.17, 15) is 16.8 Å². The van der Waals surface area contributed by atoms with Crippen molar-refractivity contribution in [2.75, 3.05) is 6.26 Å². The molecule has 1 heterocycles. The Hall–Kier alpha value is -1.78. The lowest BCUT2D eigenvalue weighted by atomic mass is 10.0. The fourth-order valence-corrected chi connectivity index (χ4v) is 4.03. The molecule has 0 aliphatic carbocycles. The summed E-state index contributed by atoms with van der Waals surface area (Å²) in [4.78, 5) is 0.122. The molecular formula is C16H23N3O5S2. The maximum absolute atomic E-state index is 12.7. The summed E-state index contributed by atoms with van der Waals surface area (Å²) >= 11 is 0. The number of hydrogen-bond donors (Lipinski definition) is 1. The molecule has 1 aromatic carbocycles. The molecule has 26 heavy (non-hydrogen) atoms. The van der Waals surface area contributed by atoms with Crippen LogP contribution in [0.4, 0.5) is 0 Å². The molecule has 8 nitrogen and oxygen atoms in total. The van der Waals surface area contributed by atoms with Gasteiger partial charge in [-0.25, -0.2) is 16.8 Å². The SMILES string of the molecule is Cc1ccc(S(=O)(=O)N[C@@H](CC(C)C)c2nnc(S(C)(=O)=O)o2)cc1C. The molecule has 1 aromatic heterocycles. The van der Waals surface area contributed by atoms with Gasteiger partial charge in [-0.1, -0.05) is 25.0 Å². The van der Waals surface area contributed by atoms with Crippen molar-refractivity contribution in [2.24, 2.45) is 5.92 Å². The van der Waals surface area contributed by atoms with E-state index < -0.39 is 31.1 Å². The van der Waals surface area contributed by atoms with Gasteiger partial charge >= 0.3 is 5.22 Å². The quantitative estimate of drug-likeness (QED) is 0.755. The Bertz CT molecular complexity index is 995. The average Bonchev–Trinajstić information content (AvgIpc) is 2.98. The first-order valence-corrected chi connectivity index (χ1v) is 11.4. The Balaban J connectivity index is 2.38. The number of aryl methyl sites for hydroxylation is 2. The smallest absolute Gasteiger partial charge is 0.335 e. The van der Waals surface area contributed by atoms with Crippen molar-refractivity contribution in [3.63, 3.8) is 0 Å². The van der Waals surface area contributed by atoms with Gasteiger partial charge in [0.25, 0.3) is 0 Å². The number of aromatic nitrogens is 2. The van der Waals surface area contributed by atoms with Crippen molar-refractivity contribution in [1.29, 1.82) is 0 Å². The highest BCUT2D eigenvalue weighted by Gasteiger charge is 2.28. The predicted octanol–water partition coefficient (Wildman–Crippen LogP) is 2.16. The highest BCUT2D eigenvalue weighted by molar-refractivity contribution is 7.90. The van der Waals surface area contributed by atoms with Crippen LogP contribution in [-0.4, -0.2) is 33.3 Å². The molecule has 0 aliphatic heterocycles. The zero-order valence-electron chi connectivity index (χ0n) is 15.3. The molecule has 10 heteroatoms. The molecule has 0 amide bonds. The third-order valence-electron chi connectivity index (χ3n) is 3.83. The number of nitrogens with one attached hydrogen (secondary N) is 1. The molecule has 144 valence electrons. The summed E-state index contributed by atoms with van der Waals surface area (Å²) < 4.78 is 56.3. The molecule has 0 radical (unpaired) electrons. The molecule has 1 N–H and O–H groups in total. The van der Waals surface area contributed by atoms with Crippen LogP contribution < -0.4 is 4.72 Å². The molecule has 0 saturated heterocycles. The standard InChI is InChI=1S/C16H23N3O5S2/c1-10(2)8-14(15-17-18-16(24-15)25(5,20)21)19-26(22,23)13-7-6-11(3)12(4)9-13/h6-7,9-10,14,19H,8H2,1-5H3/t14-/m0/s1. The second-order valence-corrected chi connectivity index (χ2v) is 10.3. The van der Waals surface area contributed by atoms with Crippen LogP contribution in [0.5, 0.6) is 0 Å². The zero-order valence-corrected chi connectivity index (χ0v) is 17.0. The normalized spacial score (nSPS) is 13.9. The van der Waals surface area contributed by atoms with E-state index in [1.165, 1.54) is 6.07 Å². The van der Waals surface area contributed by atoms with E-state index in [0.717, 1.165) is 17.4 Å². The van der Waals surface area contributed by atoms with Gasteiger partial charge in [0, 0.05) is 6.26 Å². The van der Waals surface area contributed by atoms with Crippen molar-refractivity contribution in [3.8, 4) is 0 Å². The fourth-order valence-electron chi connectivity index (χ4n) is 2.32. The van der Waals surface area contributed by atoms with Gasteiger partial charge in [0.15, 0.2) is 0 Å². The molecule has 2 rings (SSSR count). The first-order valence-electron chi connectivity index (χ1n) is 8.03. The first-order chi connectivity index (χ1) is 11.9. The highest BCUT2D eigenvalue weighted by Crippen LogP contribution is 2.25. The minimum absolute atomic E-state index is 0.0773. The Morgan fingerprint density at radius 1 is 1.08 bits per heavy atom. The van der Waals surface area contributed by atoms with E-state index in [1.807, 2.05) is 27.7 Å². The Labute approximate surface area is 154 Å². The van der Waals surface area contributed by atoms with E-state index in [2.05, 4.69) is 14.9 Å². The van der Waals surface area contributed by atoms with Gasteiger partial charge in [0.2, 0.25) is 25.8 Å². The van der Waals surface area contributed by atoms with Crippen molar-refractivity contribution >= 4 is 19.9 Å². The molecule has 2 aromatic rings. The lowest BCUT2D eigenvalue weighted by molar-refractivity contribution is 0.340. The zero-order chi connectivity index (χ0) is 19.7. The van der Waals surface area contributed by atoms with Crippen LogP contribution in [0.15, 0.2) is 32.7 Å². The van der Waals surface area contributed by atoms with Crippen LogP contribution in [0.25, 0.3) is 0 Å². The molecule has 0 bridgehead atoms. The number of benzene rings is 1. The first kappa shape index (κ1) is 20.5. The van der Waals surface area contributed by atoms with Crippen molar-refractivity contribution in [1.82, 2.24) is 14.9 Å². The van der Waals surface area contributed by atoms with Gasteiger partial charge in [0.05, 0.1) is 4.90 Å². The van der Waals surface area contributed by atoms with Gasteiger partial charge in [0.1, 0.15) is 6.04 Å². The van der Waals surface area contributed by atoms with Crippen molar-refractivity contribution in [3.05, 3.63) is 35.2 Å². The van der Waals surface area contributed by atoms with Gasteiger partial charge in [-0.2, -0.15) is 4.72 Å². The predicted molar refractivity (Wildman–Crippen MR) is 95.8 cm³/mol. The van der Waals surface area contributed by atoms with Gasteiger partial charge in [-0.15, -0.1) is 5.10 Å². The maximum Gasteiger partial charge on any atom is 0.335 e. The summed E-state index contributed by atoms with van der Waals surface area (Å²) in [6.07, 6.45) is 1.32. The highest BCUT2D eigenvalue weighted by atomic mass is 32.2. The van der Waals surface area contributed by atoms with E-state index in [1.54, 1.807) is 12.1 Å². The third kappa shape index (κ3) is 4.89. The van der Waals surface area contributed by atoms with Crippen molar-refractivity contribution in [2.45, 2.75) is 50.3 Å². The van der Waals surface area contributed by atoms with Crippen LogP contribution in [0.1, 0.15) is 43.3 Å². The summed E-state index contributed by atoms with van der Waals surface area (Å²) in [5.74, 6) is 0.0302. The molecule has 0 aliphatic rings. The van der Waals surface area contributed by atoms with E-state index in [0.29, 0.717) is 6.42 Å². The lowest BCUT2D eigenvalue weighted by Crippen LogP contribution is -2.30. The molecule has 0 saturated carbocycles. The second-order valence-electron chi connectivity index (χ2n) is 6.73. The molecule has 0 unspecified atom stereocenters. The van der Waals surface area contributed by atoms with Crippen molar-refractivity contribution < 1.29 is 21.3 Å². The summed E-state index contributed by atoms with van der Waals surface area (Å²) in [7, 11) is -7.51. The Morgan fingerprint density at radius 2 is 1.73 bits per heavy atom. The number of sulfonamides is 1. The monoisotopic (exact) mass is 401 g/mol. The third-order valence-corrected chi connectivity index (χ3v) is 6.10. The van der Waals surface area contributed by atoms with Crippen LogP contribution in [0.3, 0.4) is 0 Å². The molecular weight excluding hydrogens is 378 g/mol. The maximum atomic E-state index is 12.7. The van der Waals surface area contributed by atoms with Crippen LogP contribution in [0.2, 0.25) is 0 Å². The Kier molecular flexibility index (Phi) is 5.89. The number of hydrogen-bond acceptors (Lipinski definition) is 7. The number of sulfone groups is 1. The summed E-state index contributed by atoms with van der Waals surface area (Å²) in [5.41, 5.74) is 1.84. The van der Waals surface area contributed by atoms with Gasteiger partial charge in [-0.05, 0) is 49.4 Å². The van der Waals surface area contributed by atoms with Crippen LogP contribution >= 0.6 is 0 Å². The van der Waals surface area contributed by atoms with Crippen LogP contribution in [0, 0.1) is 19.8 Å². The minimum Gasteiger partial charge on any atom is -0.411 e. The largest absolute Gasteiger partial charge is 0.411 e. The number of rotatable bonds is 7. The topological polar surface area (TPSA) is 119 Å². The summed E-state index contributed by atoms with van der Waals surface area (Å²) in [5, 5.41) is 6.69. The molecule has 1 atom stereocenters. The number of nitrogens with zero attached hydrogens (tertiary/aromatic N) is 2. The van der Waals surface area contributed by atoms with Gasteiger partial charge < -0.3 is 4.42 Å². The van der Waals surface area contributed by atoms with E-state index in [4.69, 9.17) is 4.42 Å². The second kappa shape index (κ2) is 7.45. The summed E-state index contributed by atoms with van der Waals surface area (Å²) in [6, 6.07) is 4.01.